The molecule has 7 nitrogen and oxygen atoms in total. The molecule has 3 rings (SSSR count). The molecule has 0 atom stereocenters. The number of aromatic nitrogens is 1. The van der Waals surface area contributed by atoms with E-state index in [2.05, 4.69) is 18.7 Å². The van der Waals surface area contributed by atoms with Crippen molar-refractivity contribution in [2.75, 3.05) is 31.1 Å². The van der Waals surface area contributed by atoms with Gasteiger partial charge in [-0.25, -0.2) is 4.98 Å². The first-order chi connectivity index (χ1) is 14.3. The Morgan fingerprint density at radius 2 is 1.90 bits per heavy atom. The molecule has 1 amide bonds. The van der Waals surface area contributed by atoms with Gasteiger partial charge in [-0.3, -0.25) is 19.8 Å². The van der Waals surface area contributed by atoms with Crippen LogP contribution in [0.1, 0.15) is 29.8 Å². The summed E-state index contributed by atoms with van der Waals surface area (Å²) in [6.07, 6.45) is 0. The molecule has 0 saturated carbocycles. The predicted molar refractivity (Wildman–Crippen MR) is 129 cm³/mol. The van der Waals surface area contributed by atoms with Crippen molar-refractivity contribution < 1.29 is 9.72 Å². The predicted octanol–water partition coefficient (Wildman–Crippen LogP) is 5.58. The van der Waals surface area contributed by atoms with E-state index in [1.54, 1.807) is 11.0 Å². The molecule has 0 fully saturated rings. The van der Waals surface area contributed by atoms with Gasteiger partial charge in [0.1, 0.15) is 0 Å². The van der Waals surface area contributed by atoms with Crippen LogP contribution in [0.25, 0.3) is 10.2 Å². The number of nitro groups is 1. The van der Waals surface area contributed by atoms with Crippen LogP contribution < -0.4 is 4.90 Å². The van der Waals surface area contributed by atoms with E-state index in [-0.39, 0.29) is 29.6 Å². The van der Waals surface area contributed by atoms with Crippen LogP contribution in [0, 0.1) is 17.0 Å². The second-order valence-corrected chi connectivity index (χ2v) is 8.30. The van der Waals surface area contributed by atoms with Gasteiger partial charge in [-0.2, -0.15) is 0 Å². The summed E-state index contributed by atoms with van der Waals surface area (Å²) >= 11 is 7.58. The number of carbonyl (C=O) groups is 1. The van der Waals surface area contributed by atoms with Crippen LogP contribution in [0.4, 0.5) is 10.8 Å². The van der Waals surface area contributed by atoms with Crippen LogP contribution in [-0.4, -0.2) is 46.9 Å². The number of benzene rings is 2. The number of hydrogen-bond acceptors (Lipinski definition) is 6. The fourth-order valence-electron chi connectivity index (χ4n) is 3.23. The number of thiazole rings is 1. The quantitative estimate of drug-likeness (QED) is 0.309. The van der Waals surface area contributed by atoms with Gasteiger partial charge < -0.3 is 4.90 Å². The zero-order chi connectivity index (χ0) is 21.8. The molecule has 0 saturated heterocycles. The second kappa shape index (κ2) is 10.9. The Balaban J connectivity index is 0.00000341. The monoisotopic (exact) mass is 482 g/mol. The molecule has 1 aromatic heterocycles. The van der Waals surface area contributed by atoms with Gasteiger partial charge in [0, 0.05) is 35.8 Å². The molecule has 1 heterocycles. The molecule has 0 radical (unpaired) electrons. The number of hydrogen-bond donors (Lipinski definition) is 0. The number of amides is 1. The molecule has 0 bridgehead atoms. The van der Waals surface area contributed by atoms with Crippen molar-refractivity contribution in [2.24, 2.45) is 0 Å². The average molecular weight is 483 g/mol. The van der Waals surface area contributed by atoms with Crippen molar-refractivity contribution in [1.82, 2.24) is 9.88 Å². The van der Waals surface area contributed by atoms with E-state index < -0.39 is 4.92 Å². The highest BCUT2D eigenvalue weighted by molar-refractivity contribution is 7.22. The number of rotatable bonds is 8. The highest BCUT2D eigenvalue weighted by atomic mass is 35.5. The number of nitro benzene ring substituents is 1. The van der Waals surface area contributed by atoms with Crippen LogP contribution in [0.3, 0.4) is 0 Å². The SMILES string of the molecule is CCN(CC)CCN(C(=O)c1cccc([N+](=O)[O-])c1)c1nc2c(C)cc(Cl)cc2s1.Cl. The van der Waals surface area contributed by atoms with Crippen LogP contribution in [0.5, 0.6) is 0 Å². The standard InChI is InChI=1S/C21H23ClN4O3S.ClH/c1-4-24(5-2)9-10-25(20(27)15-7-6-8-17(12-15)26(28)29)21-23-19-14(3)11-16(22)13-18(19)30-21;/h6-8,11-13H,4-5,9-10H2,1-3H3;1H. The fraction of sp³-hybridized carbons (Fsp3) is 0.333. The minimum absolute atomic E-state index is 0. The molecule has 166 valence electrons. The molecule has 0 aliphatic heterocycles. The van der Waals surface area contributed by atoms with Gasteiger partial charge in [0.05, 0.1) is 15.1 Å². The average Bonchev–Trinajstić information content (AvgIpc) is 3.15. The minimum Gasteiger partial charge on any atom is -0.302 e. The number of nitrogens with zero attached hydrogens (tertiary/aromatic N) is 4. The lowest BCUT2D eigenvalue weighted by atomic mass is 10.2. The Morgan fingerprint density at radius 1 is 1.19 bits per heavy atom. The van der Waals surface area contributed by atoms with E-state index in [0.717, 1.165) is 28.9 Å². The van der Waals surface area contributed by atoms with Crippen molar-refractivity contribution in [3.8, 4) is 0 Å². The van der Waals surface area contributed by atoms with Crippen molar-refractivity contribution in [3.05, 3.63) is 62.7 Å². The van der Waals surface area contributed by atoms with E-state index in [1.807, 2.05) is 19.1 Å². The van der Waals surface area contributed by atoms with Crippen LogP contribution >= 0.6 is 35.3 Å². The number of likely N-dealkylation sites (N-methyl/N-ethyl adjacent to an activating group) is 1. The van der Waals surface area contributed by atoms with E-state index in [1.165, 1.54) is 29.5 Å². The lowest BCUT2D eigenvalue weighted by Gasteiger charge is -2.24. The maximum absolute atomic E-state index is 13.4. The largest absolute Gasteiger partial charge is 0.302 e. The Kier molecular flexibility index (Phi) is 8.76. The zero-order valence-corrected chi connectivity index (χ0v) is 19.9. The zero-order valence-electron chi connectivity index (χ0n) is 17.5. The topological polar surface area (TPSA) is 79.6 Å². The van der Waals surface area contributed by atoms with Gasteiger partial charge in [-0.05, 0) is 43.8 Å². The Hall–Kier alpha value is -2.26. The van der Waals surface area contributed by atoms with E-state index in [4.69, 9.17) is 16.6 Å². The van der Waals surface area contributed by atoms with Crippen molar-refractivity contribution >= 4 is 62.3 Å². The van der Waals surface area contributed by atoms with E-state index in [9.17, 15) is 14.9 Å². The first kappa shape index (κ1) is 25.0. The molecular formula is C21H24Cl2N4O3S. The van der Waals surface area contributed by atoms with Crippen LogP contribution in [0.15, 0.2) is 36.4 Å². The minimum atomic E-state index is -0.500. The van der Waals surface area contributed by atoms with Gasteiger partial charge in [-0.15, -0.1) is 12.4 Å². The Labute approximate surface area is 196 Å². The molecule has 0 aliphatic rings. The summed E-state index contributed by atoms with van der Waals surface area (Å²) in [4.78, 5) is 32.5. The summed E-state index contributed by atoms with van der Waals surface area (Å²) in [5.74, 6) is -0.311. The van der Waals surface area contributed by atoms with Crippen molar-refractivity contribution in [1.29, 1.82) is 0 Å². The summed E-state index contributed by atoms with van der Waals surface area (Å²) in [6.45, 7) is 8.89. The van der Waals surface area contributed by atoms with Crippen LogP contribution in [0.2, 0.25) is 5.02 Å². The van der Waals surface area contributed by atoms with Crippen molar-refractivity contribution in [3.63, 3.8) is 0 Å². The third kappa shape index (κ3) is 5.71. The molecule has 31 heavy (non-hydrogen) atoms. The molecule has 2 aromatic carbocycles. The lowest BCUT2D eigenvalue weighted by Crippen LogP contribution is -2.38. The number of anilines is 1. The number of aryl methyl sites for hydroxylation is 1. The van der Waals surface area contributed by atoms with Gasteiger partial charge in [-0.1, -0.05) is 42.9 Å². The van der Waals surface area contributed by atoms with Gasteiger partial charge >= 0.3 is 0 Å². The summed E-state index contributed by atoms with van der Waals surface area (Å²) in [5.41, 5.74) is 1.89. The number of halogens is 2. The molecule has 0 unspecified atom stereocenters. The Bertz CT molecular complexity index is 1090. The van der Waals surface area contributed by atoms with E-state index in [0.29, 0.717) is 23.2 Å². The number of fused-ring (bicyclic) bond motifs is 1. The fourth-order valence-corrected chi connectivity index (χ4v) is 4.68. The highest BCUT2D eigenvalue weighted by Crippen LogP contribution is 2.33. The third-order valence-corrected chi connectivity index (χ3v) is 6.20. The summed E-state index contributed by atoms with van der Waals surface area (Å²) in [6, 6.07) is 9.48. The maximum Gasteiger partial charge on any atom is 0.270 e. The number of carbonyl (C=O) groups excluding carboxylic acids is 1. The van der Waals surface area contributed by atoms with Gasteiger partial charge in [0.15, 0.2) is 5.13 Å². The Morgan fingerprint density at radius 3 is 2.55 bits per heavy atom. The summed E-state index contributed by atoms with van der Waals surface area (Å²) in [5, 5.41) is 12.3. The van der Waals surface area contributed by atoms with Crippen molar-refractivity contribution in [2.45, 2.75) is 20.8 Å². The first-order valence-electron chi connectivity index (χ1n) is 9.69. The molecular weight excluding hydrogens is 459 g/mol. The maximum atomic E-state index is 13.4. The molecule has 0 N–H and O–H groups in total. The van der Waals surface area contributed by atoms with E-state index >= 15 is 0 Å². The molecule has 10 heteroatoms. The second-order valence-electron chi connectivity index (χ2n) is 6.86. The van der Waals surface area contributed by atoms with Gasteiger partial charge in [0.25, 0.3) is 11.6 Å². The smallest absolute Gasteiger partial charge is 0.270 e. The summed E-state index contributed by atoms with van der Waals surface area (Å²) < 4.78 is 0.898. The highest BCUT2D eigenvalue weighted by Gasteiger charge is 2.23. The first-order valence-corrected chi connectivity index (χ1v) is 10.9. The number of non-ortho nitro benzene ring substituents is 1. The molecule has 3 aromatic rings. The van der Waals surface area contributed by atoms with Crippen LogP contribution in [-0.2, 0) is 0 Å². The van der Waals surface area contributed by atoms with Gasteiger partial charge in [0.2, 0.25) is 0 Å². The molecule has 0 aliphatic carbocycles. The summed E-state index contributed by atoms with van der Waals surface area (Å²) in [7, 11) is 0. The normalized spacial score (nSPS) is 10.9. The molecule has 0 spiro atoms. The third-order valence-electron chi connectivity index (χ3n) is 4.95. The lowest BCUT2D eigenvalue weighted by molar-refractivity contribution is -0.384.